The molecule has 0 spiro atoms. The smallest absolute Gasteiger partial charge is 0.433 e. The highest BCUT2D eigenvalue weighted by Gasteiger charge is 2.32. The molecular formula is C17H14F4N4O. The maximum absolute atomic E-state index is 13.1. The van der Waals surface area contributed by atoms with Crippen molar-refractivity contribution in [1.82, 2.24) is 20.0 Å². The van der Waals surface area contributed by atoms with Crippen LogP contribution in [0.15, 0.2) is 42.6 Å². The van der Waals surface area contributed by atoms with Crippen molar-refractivity contribution in [2.24, 2.45) is 0 Å². The molecule has 3 rings (SSSR count). The van der Waals surface area contributed by atoms with E-state index in [1.807, 2.05) is 0 Å². The summed E-state index contributed by atoms with van der Waals surface area (Å²) < 4.78 is 56.9. The lowest BCUT2D eigenvalue weighted by molar-refractivity contribution is -0.141. The van der Waals surface area contributed by atoms with Gasteiger partial charge in [-0.25, -0.2) is 4.39 Å². The van der Waals surface area contributed by atoms with Crippen LogP contribution in [0.25, 0.3) is 5.69 Å². The standard InChI is InChI=1S/C17H14F4N4O/c1-2-26-16-14(9-11-7-8-22-15(10-11)17(19,20)21)23-25(24-16)13-5-3-12(18)4-6-13/h3-8,10H,2,9H2,1H3. The average molecular weight is 366 g/mol. The molecule has 0 radical (unpaired) electrons. The van der Waals surface area contributed by atoms with Gasteiger partial charge in [0, 0.05) is 12.6 Å². The van der Waals surface area contributed by atoms with Gasteiger partial charge in [-0.15, -0.1) is 15.0 Å². The molecule has 0 fully saturated rings. The molecule has 136 valence electrons. The molecule has 0 bridgehead atoms. The predicted molar refractivity (Wildman–Crippen MR) is 84.5 cm³/mol. The summed E-state index contributed by atoms with van der Waals surface area (Å²) in [5.41, 5.74) is 0.276. The minimum atomic E-state index is -4.52. The Morgan fingerprint density at radius 3 is 2.46 bits per heavy atom. The number of nitrogens with zero attached hydrogens (tertiary/aromatic N) is 4. The fraction of sp³-hybridized carbons (Fsp3) is 0.235. The number of halogens is 4. The lowest BCUT2D eigenvalue weighted by Crippen LogP contribution is -2.08. The van der Waals surface area contributed by atoms with Gasteiger partial charge in [-0.1, -0.05) is 0 Å². The molecule has 0 saturated carbocycles. The molecule has 0 aliphatic carbocycles. The van der Waals surface area contributed by atoms with Crippen LogP contribution >= 0.6 is 0 Å². The van der Waals surface area contributed by atoms with Crippen molar-refractivity contribution in [3.8, 4) is 11.6 Å². The van der Waals surface area contributed by atoms with Crippen LogP contribution in [0.2, 0.25) is 0 Å². The highest BCUT2D eigenvalue weighted by atomic mass is 19.4. The van der Waals surface area contributed by atoms with Gasteiger partial charge in [0.2, 0.25) is 0 Å². The third-order valence-corrected chi connectivity index (χ3v) is 3.47. The highest BCUT2D eigenvalue weighted by molar-refractivity contribution is 5.33. The first-order valence-corrected chi connectivity index (χ1v) is 7.74. The molecule has 26 heavy (non-hydrogen) atoms. The average Bonchev–Trinajstić information content (AvgIpc) is 2.98. The molecule has 2 aromatic heterocycles. The van der Waals surface area contributed by atoms with Gasteiger partial charge in [-0.05, 0) is 48.9 Å². The zero-order chi connectivity index (χ0) is 18.7. The monoisotopic (exact) mass is 366 g/mol. The number of hydrogen-bond donors (Lipinski definition) is 0. The van der Waals surface area contributed by atoms with Crippen molar-refractivity contribution in [1.29, 1.82) is 0 Å². The van der Waals surface area contributed by atoms with E-state index in [0.717, 1.165) is 12.3 Å². The van der Waals surface area contributed by atoms with Crippen LogP contribution in [0.4, 0.5) is 17.6 Å². The molecular weight excluding hydrogens is 352 g/mol. The summed E-state index contributed by atoms with van der Waals surface area (Å²) in [4.78, 5) is 4.59. The summed E-state index contributed by atoms with van der Waals surface area (Å²) in [6.07, 6.45) is -3.34. The number of benzene rings is 1. The predicted octanol–water partition coefficient (Wildman–Crippen LogP) is 3.81. The van der Waals surface area contributed by atoms with E-state index in [2.05, 4.69) is 15.2 Å². The van der Waals surface area contributed by atoms with Gasteiger partial charge in [0.25, 0.3) is 5.88 Å². The van der Waals surface area contributed by atoms with E-state index in [9.17, 15) is 17.6 Å². The Bertz CT molecular complexity index is 891. The number of ether oxygens (including phenoxy) is 1. The second-order valence-corrected chi connectivity index (χ2v) is 5.37. The highest BCUT2D eigenvalue weighted by Crippen LogP contribution is 2.28. The molecule has 1 aromatic carbocycles. The minimum Gasteiger partial charge on any atom is -0.476 e. The van der Waals surface area contributed by atoms with Gasteiger partial charge >= 0.3 is 6.18 Å². The van der Waals surface area contributed by atoms with Crippen LogP contribution < -0.4 is 4.74 Å². The second kappa shape index (κ2) is 7.11. The number of rotatable bonds is 5. The van der Waals surface area contributed by atoms with E-state index in [1.165, 1.54) is 35.1 Å². The molecule has 9 heteroatoms. The van der Waals surface area contributed by atoms with Crippen molar-refractivity contribution in [3.05, 3.63) is 65.4 Å². The lowest BCUT2D eigenvalue weighted by Gasteiger charge is -2.07. The van der Waals surface area contributed by atoms with E-state index in [1.54, 1.807) is 6.92 Å². The fourth-order valence-corrected chi connectivity index (χ4v) is 2.31. The normalized spacial score (nSPS) is 11.6. The Kier molecular flexibility index (Phi) is 4.88. The van der Waals surface area contributed by atoms with Crippen molar-refractivity contribution < 1.29 is 22.3 Å². The number of alkyl halides is 3. The molecule has 0 aliphatic heterocycles. The van der Waals surface area contributed by atoms with E-state index < -0.39 is 17.7 Å². The lowest BCUT2D eigenvalue weighted by atomic mass is 10.1. The van der Waals surface area contributed by atoms with Crippen LogP contribution in [0.5, 0.6) is 5.88 Å². The molecule has 0 atom stereocenters. The topological polar surface area (TPSA) is 52.8 Å². The van der Waals surface area contributed by atoms with E-state index in [0.29, 0.717) is 23.6 Å². The summed E-state index contributed by atoms with van der Waals surface area (Å²) in [6, 6.07) is 7.94. The maximum Gasteiger partial charge on any atom is 0.433 e. The van der Waals surface area contributed by atoms with Crippen LogP contribution in [0.3, 0.4) is 0 Å². The van der Waals surface area contributed by atoms with Gasteiger partial charge in [-0.3, -0.25) is 4.98 Å². The third kappa shape index (κ3) is 3.98. The maximum atomic E-state index is 13.1. The quantitative estimate of drug-likeness (QED) is 0.645. The Morgan fingerprint density at radius 1 is 1.08 bits per heavy atom. The summed E-state index contributed by atoms with van der Waals surface area (Å²) in [7, 11) is 0. The van der Waals surface area contributed by atoms with Gasteiger partial charge in [-0.2, -0.15) is 13.2 Å². The zero-order valence-electron chi connectivity index (χ0n) is 13.7. The fourth-order valence-electron chi connectivity index (χ4n) is 2.31. The van der Waals surface area contributed by atoms with E-state index in [4.69, 9.17) is 4.74 Å². The Hall–Kier alpha value is -2.97. The molecule has 0 amide bonds. The Labute approximate surface area is 146 Å². The molecule has 0 N–H and O–H groups in total. The van der Waals surface area contributed by atoms with Gasteiger partial charge in [0.15, 0.2) is 0 Å². The van der Waals surface area contributed by atoms with Crippen molar-refractivity contribution in [3.63, 3.8) is 0 Å². The first-order chi connectivity index (χ1) is 12.4. The minimum absolute atomic E-state index is 0.0854. The van der Waals surface area contributed by atoms with Gasteiger partial charge < -0.3 is 4.74 Å². The zero-order valence-corrected chi connectivity index (χ0v) is 13.7. The van der Waals surface area contributed by atoms with Crippen molar-refractivity contribution in [2.75, 3.05) is 6.61 Å². The van der Waals surface area contributed by atoms with Crippen LogP contribution in [-0.2, 0) is 12.6 Å². The van der Waals surface area contributed by atoms with Crippen LogP contribution in [-0.4, -0.2) is 26.6 Å². The van der Waals surface area contributed by atoms with Crippen LogP contribution in [0, 0.1) is 5.82 Å². The first kappa shape index (κ1) is 17.8. The number of aromatic nitrogens is 4. The van der Waals surface area contributed by atoms with Crippen LogP contribution in [0.1, 0.15) is 23.9 Å². The summed E-state index contributed by atoms with van der Waals surface area (Å²) in [5.74, 6) is -0.190. The summed E-state index contributed by atoms with van der Waals surface area (Å²) >= 11 is 0. The Balaban J connectivity index is 1.93. The first-order valence-electron chi connectivity index (χ1n) is 7.74. The summed E-state index contributed by atoms with van der Waals surface area (Å²) in [6.45, 7) is 2.08. The third-order valence-electron chi connectivity index (χ3n) is 3.47. The molecule has 0 unspecified atom stereocenters. The van der Waals surface area contributed by atoms with Crippen molar-refractivity contribution in [2.45, 2.75) is 19.5 Å². The Morgan fingerprint density at radius 2 is 1.81 bits per heavy atom. The van der Waals surface area contributed by atoms with Crippen molar-refractivity contribution >= 4 is 0 Å². The van der Waals surface area contributed by atoms with Gasteiger partial charge in [0.1, 0.15) is 17.2 Å². The second-order valence-electron chi connectivity index (χ2n) is 5.37. The molecule has 2 heterocycles. The molecule has 0 aliphatic rings. The molecule has 3 aromatic rings. The number of pyridine rings is 1. The largest absolute Gasteiger partial charge is 0.476 e. The molecule has 0 saturated heterocycles. The SMILES string of the molecule is CCOc1nn(-c2ccc(F)cc2)nc1Cc1ccnc(C(F)(F)F)c1. The summed E-state index contributed by atoms with van der Waals surface area (Å²) in [5, 5.41) is 8.46. The van der Waals surface area contributed by atoms with E-state index in [-0.39, 0.29) is 12.3 Å². The number of hydrogen-bond acceptors (Lipinski definition) is 4. The van der Waals surface area contributed by atoms with Gasteiger partial charge in [0.05, 0.1) is 12.3 Å². The van der Waals surface area contributed by atoms with E-state index >= 15 is 0 Å². The molecule has 5 nitrogen and oxygen atoms in total.